The van der Waals surface area contributed by atoms with Gasteiger partial charge in [0, 0.05) is 47.5 Å². The SMILES string of the molecule is CC[N+]1=C(/C=C/C=C/C=C2/N(CCCCCC(=O)NC(COC3OC4C(O)OC3C(O)C4O)(COC3OC4(O)C(CO)C(O)C(O)C34)COC3OC4(O)C(CO)C(O)C(O)C34)c3ccc(C)cc3C2(C)C)C(C)(C)c2cc(S(=O)(=O)O)ccc21. The summed E-state index contributed by atoms with van der Waals surface area (Å²) in [5.74, 6) is -10.1. The number of ether oxygens (including phenoxy) is 7. The van der Waals surface area contributed by atoms with Crippen molar-refractivity contribution in [1.29, 1.82) is 0 Å². The summed E-state index contributed by atoms with van der Waals surface area (Å²) in [7, 11) is -4.40. The molecule has 2 bridgehead atoms. The molecule has 0 spiro atoms. The van der Waals surface area contributed by atoms with Gasteiger partial charge in [0.05, 0.1) is 91.4 Å². The average Bonchev–Trinajstić information content (AvgIpc) is 1.69. The number of hydrogen-bond acceptors (Lipinski definition) is 22. The first-order chi connectivity index (χ1) is 39.6. The van der Waals surface area contributed by atoms with Crippen LogP contribution in [0.1, 0.15) is 77.0 Å². The molecule has 26 heteroatoms. The van der Waals surface area contributed by atoms with Crippen molar-refractivity contribution in [1.82, 2.24) is 5.32 Å². The smallest absolute Gasteiger partial charge is 0.294 e. The quantitative estimate of drug-likeness (QED) is 0.0277. The molecule has 2 aromatic carbocycles. The topological polar surface area (TPSA) is 377 Å². The van der Waals surface area contributed by atoms with Crippen molar-refractivity contribution < 1.29 is 112 Å². The van der Waals surface area contributed by atoms with Gasteiger partial charge in [-0.1, -0.05) is 56.2 Å². The van der Waals surface area contributed by atoms with Crippen molar-refractivity contribution >= 4 is 33.1 Å². The zero-order chi connectivity index (χ0) is 60.8. The molecule has 0 aromatic heterocycles. The predicted molar refractivity (Wildman–Crippen MR) is 293 cm³/mol. The second-order valence-electron chi connectivity index (χ2n) is 24.6. The molecule has 7 aliphatic heterocycles. The third kappa shape index (κ3) is 10.7. The number of aryl methyl sites for hydroxylation is 1. The summed E-state index contributed by atoms with van der Waals surface area (Å²) in [4.78, 5) is 16.5. The van der Waals surface area contributed by atoms with E-state index in [1.807, 2.05) is 52.0 Å². The number of allylic oxidation sites excluding steroid dienone is 6. The third-order valence-corrected chi connectivity index (χ3v) is 19.4. The highest BCUT2D eigenvalue weighted by Crippen LogP contribution is 2.55. The molecule has 7 heterocycles. The van der Waals surface area contributed by atoms with Gasteiger partial charge in [-0.15, -0.1) is 0 Å². The number of nitrogens with one attached hydrogen (secondary N) is 1. The van der Waals surface area contributed by atoms with Gasteiger partial charge >= 0.3 is 0 Å². The monoisotopic (exact) mass is 1200 g/mol. The van der Waals surface area contributed by atoms with E-state index in [0.717, 1.165) is 39.5 Å². The molecule has 18 unspecified atom stereocenters. The molecule has 13 N–H and O–H groups in total. The van der Waals surface area contributed by atoms with E-state index in [4.69, 9.17) is 33.2 Å². The van der Waals surface area contributed by atoms with E-state index in [1.165, 1.54) is 12.1 Å². The van der Waals surface area contributed by atoms with Crippen molar-refractivity contribution in [2.24, 2.45) is 23.7 Å². The van der Waals surface area contributed by atoms with Crippen molar-refractivity contribution in [3.05, 3.63) is 89.2 Å². The van der Waals surface area contributed by atoms with Crippen LogP contribution in [0.4, 0.5) is 11.4 Å². The minimum Gasteiger partial charge on any atom is -0.396 e. The Hall–Kier alpha value is -4.21. The van der Waals surface area contributed by atoms with Gasteiger partial charge in [-0.3, -0.25) is 9.35 Å². The molecule has 2 saturated carbocycles. The van der Waals surface area contributed by atoms with Crippen molar-refractivity contribution in [3.63, 3.8) is 0 Å². The second-order valence-corrected chi connectivity index (χ2v) is 26.0. The van der Waals surface area contributed by atoms with Gasteiger partial charge in [0.1, 0.15) is 36.5 Å². The first-order valence-corrected chi connectivity index (χ1v) is 30.0. The van der Waals surface area contributed by atoms with Gasteiger partial charge in [-0.2, -0.15) is 13.0 Å². The highest BCUT2D eigenvalue weighted by atomic mass is 32.2. The lowest BCUT2D eigenvalue weighted by molar-refractivity contribution is -0.446. The van der Waals surface area contributed by atoms with Gasteiger partial charge in [-0.25, -0.2) is 0 Å². The van der Waals surface area contributed by atoms with Crippen LogP contribution in [0.2, 0.25) is 0 Å². The molecule has 5 saturated heterocycles. The van der Waals surface area contributed by atoms with E-state index in [0.29, 0.717) is 32.4 Å². The van der Waals surface area contributed by atoms with Crippen molar-refractivity contribution in [3.8, 4) is 0 Å². The normalized spacial score (nSPS) is 38.3. The number of aliphatic hydroxyl groups excluding tert-OH is 9. The fraction of sp³-hybridized carbons (Fsp3) is 0.655. The molecule has 9 aliphatic rings. The number of unbranched alkanes of at least 4 members (excludes halogenated alkanes) is 2. The van der Waals surface area contributed by atoms with Crippen LogP contribution in [0.3, 0.4) is 0 Å². The van der Waals surface area contributed by atoms with Gasteiger partial charge in [0.2, 0.25) is 11.6 Å². The molecular weight excluding hydrogens is 1120 g/mol. The lowest BCUT2D eigenvalue weighted by Crippen LogP contribution is -2.70. The second kappa shape index (κ2) is 23.4. The number of hydrogen-bond donors (Lipinski definition) is 13. The molecule has 11 rings (SSSR count). The number of anilines is 1. The zero-order valence-electron chi connectivity index (χ0n) is 47.6. The van der Waals surface area contributed by atoms with Crippen LogP contribution in [0.15, 0.2) is 77.4 Å². The number of carbonyl (C=O) groups is 1. The Bertz CT molecular complexity index is 2990. The lowest BCUT2D eigenvalue weighted by Gasteiger charge is -2.52. The van der Waals surface area contributed by atoms with Crippen LogP contribution in [-0.2, 0) is 58.9 Å². The number of amides is 1. The van der Waals surface area contributed by atoms with E-state index in [1.54, 1.807) is 6.07 Å². The maximum absolute atomic E-state index is 14.4. The summed E-state index contributed by atoms with van der Waals surface area (Å²) in [6, 6.07) is 11.0. The molecule has 1 amide bonds. The molecule has 2 aliphatic carbocycles. The van der Waals surface area contributed by atoms with E-state index in [9.17, 15) is 73.9 Å². The van der Waals surface area contributed by atoms with Crippen LogP contribution < -0.4 is 10.2 Å². The van der Waals surface area contributed by atoms with E-state index in [2.05, 4.69) is 52.9 Å². The standard InChI is InChI=1S/C58H79N3O22S/c1-7-60-35-20-18-30(84(74,75)76)23-32(35)55(5,6)37(60)14-10-8-11-15-38-54(3,4)31-22-29(2)17-19-36(31)61(38)21-13-9-12-16-39(64)59-56(28-79-53-49-47(70)46(69)48(81-53)50(71)80-49,26-77-51-40-44(67)42(65)33(24-62)57(40,72)82-51)27-78-52-41-45(68)43(66)34(25-63)58(41,73)83-52/h8,10-11,14-15,17-20,22-23,33-34,40-53,62-63,65-73H,7,9,12-13,16,21,24-28H2,1-6H3,(H-,59,64,74,75,76)/p+1. The minimum atomic E-state index is -4.40. The third-order valence-electron chi connectivity index (χ3n) is 18.5. The number of benzene rings is 2. The molecule has 2 aromatic rings. The summed E-state index contributed by atoms with van der Waals surface area (Å²) in [6.45, 7) is 10.3. The van der Waals surface area contributed by atoms with Crippen LogP contribution in [0.5, 0.6) is 0 Å². The molecule has 0 radical (unpaired) electrons. The minimum absolute atomic E-state index is 0.0690. The Labute approximate surface area is 486 Å². The van der Waals surface area contributed by atoms with E-state index < -0.39 is 175 Å². The summed E-state index contributed by atoms with van der Waals surface area (Å²) in [5, 5.41) is 120. The van der Waals surface area contributed by atoms with Gasteiger partial charge in [-0.05, 0) is 70.4 Å². The maximum Gasteiger partial charge on any atom is 0.294 e. The summed E-state index contributed by atoms with van der Waals surface area (Å²) in [6.07, 6.45) is -6.94. The Morgan fingerprint density at radius 1 is 0.726 bits per heavy atom. The average molecular weight is 1200 g/mol. The van der Waals surface area contributed by atoms with Crippen LogP contribution >= 0.6 is 0 Å². The summed E-state index contributed by atoms with van der Waals surface area (Å²) < 4.78 is 77.1. The lowest BCUT2D eigenvalue weighted by atomic mass is 9.81. The largest absolute Gasteiger partial charge is 0.396 e. The number of carbonyl (C=O) groups excluding carboxylic acids is 1. The number of nitrogens with zero attached hydrogens (tertiary/aromatic N) is 2. The number of rotatable bonds is 23. The molecule has 84 heavy (non-hydrogen) atoms. The van der Waals surface area contributed by atoms with Gasteiger partial charge < -0.3 is 99.5 Å². The Balaban J connectivity index is 0.848. The predicted octanol–water partition coefficient (Wildman–Crippen LogP) is -0.929. The fourth-order valence-electron chi connectivity index (χ4n) is 13.8. The molecule has 18 atom stereocenters. The van der Waals surface area contributed by atoms with E-state index >= 15 is 0 Å². The molecule has 464 valence electrons. The number of aliphatic hydroxyl groups is 11. The first-order valence-electron chi connectivity index (χ1n) is 28.5. The van der Waals surface area contributed by atoms with Gasteiger partial charge in [0.25, 0.3) is 10.1 Å². The Morgan fingerprint density at radius 3 is 1.90 bits per heavy atom. The fourth-order valence-corrected chi connectivity index (χ4v) is 14.3. The highest BCUT2D eigenvalue weighted by Gasteiger charge is 2.73. The molecular formula is C58H80N3O22S+. The maximum atomic E-state index is 14.4. The Kier molecular flexibility index (Phi) is 17.5. The van der Waals surface area contributed by atoms with Crippen molar-refractivity contribution in [2.45, 2.75) is 174 Å². The molecule has 7 fully saturated rings. The van der Waals surface area contributed by atoms with Crippen LogP contribution in [-0.4, -0.2) is 223 Å². The van der Waals surface area contributed by atoms with Crippen LogP contribution in [0, 0.1) is 30.6 Å². The zero-order valence-corrected chi connectivity index (χ0v) is 48.4. The van der Waals surface area contributed by atoms with Crippen LogP contribution in [0.25, 0.3) is 0 Å². The van der Waals surface area contributed by atoms with E-state index in [-0.39, 0.29) is 11.3 Å². The molecule has 25 nitrogen and oxygen atoms in total. The Morgan fingerprint density at radius 2 is 1.32 bits per heavy atom. The summed E-state index contributed by atoms with van der Waals surface area (Å²) in [5.41, 5.74) is 4.12. The highest BCUT2D eigenvalue weighted by molar-refractivity contribution is 7.85. The number of fused-ring (bicyclic) bond motifs is 7. The summed E-state index contributed by atoms with van der Waals surface area (Å²) >= 11 is 0. The first kappa shape index (κ1) is 62.8. The van der Waals surface area contributed by atoms with Crippen molar-refractivity contribution in [2.75, 3.05) is 51.0 Å². The van der Waals surface area contributed by atoms with Gasteiger partial charge in [0.15, 0.2) is 42.4 Å².